The van der Waals surface area contributed by atoms with E-state index in [9.17, 15) is 4.79 Å². The summed E-state index contributed by atoms with van der Waals surface area (Å²) >= 11 is 0. The van der Waals surface area contributed by atoms with Crippen molar-refractivity contribution in [1.82, 2.24) is 4.90 Å². The first-order chi connectivity index (χ1) is 10.4. The van der Waals surface area contributed by atoms with E-state index >= 15 is 0 Å². The lowest BCUT2D eigenvalue weighted by Crippen LogP contribution is -2.33. The number of nitrogens with zero attached hydrogens (tertiary/aromatic N) is 1. The molecule has 0 N–H and O–H groups in total. The Morgan fingerprint density at radius 2 is 1.76 bits per heavy atom. The molecule has 0 unspecified atom stereocenters. The van der Waals surface area contributed by atoms with E-state index in [4.69, 9.17) is 4.74 Å². The fourth-order valence-corrected chi connectivity index (χ4v) is 2.99. The van der Waals surface area contributed by atoms with Gasteiger partial charge in [-0.25, -0.2) is 0 Å². The summed E-state index contributed by atoms with van der Waals surface area (Å²) in [5.41, 5.74) is 0.717. The molecule has 1 aliphatic rings. The van der Waals surface area contributed by atoms with Crippen molar-refractivity contribution in [2.45, 2.75) is 19.3 Å². The summed E-state index contributed by atoms with van der Waals surface area (Å²) in [6.07, 6.45) is 4.86. The molecule has 2 aromatic carbocycles. The zero-order valence-electron chi connectivity index (χ0n) is 12.3. The van der Waals surface area contributed by atoms with Crippen molar-refractivity contribution in [3.63, 3.8) is 0 Å². The van der Waals surface area contributed by atoms with Crippen molar-refractivity contribution in [3.05, 3.63) is 42.0 Å². The lowest BCUT2D eigenvalue weighted by atomic mass is 10.0. The number of likely N-dealkylation sites (tertiary alicyclic amines) is 1. The van der Waals surface area contributed by atoms with E-state index < -0.39 is 0 Å². The van der Waals surface area contributed by atoms with Gasteiger partial charge in [-0.15, -0.1) is 0 Å². The second kappa shape index (κ2) is 6.72. The Bertz CT molecular complexity index is 618. The van der Waals surface area contributed by atoms with Gasteiger partial charge in [0, 0.05) is 17.5 Å². The molecule has 0 spiro atoms. The topological polar surface area (TPSA) is 29.5 Å². The van der Waals surface area contributed by atoms with Crippen LogP contribution in [0.15, 0.2) is 36.4 Å². The molecule has 1 fully saturated rings. The van der Waals surface area contributed by atoms with Gasteiger partial charge in [0.15, 0.2) is 6.29 Å². The van der Waals surface area contributed by atoms with Gasteiger partial charge in [-0.3, -0.25) is 9.69 Å². The number of piperidine rings is 1. The maximum absolute atomic E-state index is 11.1. The molecule has 0 aliphatic carbocycles. The third-order valence-electron chi connectivity index (χ3n) is 4.16. The molecule has 1 saturated heterocycles. The highest BCUT2D eigenvalue weighted by molar-refractivity contribution is 6.00. The van der Waals surface area contributed by atoms with E-state index in [0.717, 1.165) is 29.4 Å². The summed E-state index contributed by atoms with van der Waals surface area (Å²) in [7, 11) is 0. The lowest BCUT2D eigenvalue weighted by molar-refractivity contribution is 0.112. The normalized spacial score (nSPS) is 16.0. The molecule has 21 heavy (non-hydrogen) atoms. The third kappa shape index (κ3) is 3.24. The van der Waals surface area contributed by atoms with Gasteiger partial charge in [-0.05, 0) is 43.5 Å². The van der Waals surface area contributed by atoms with E-state index in [1.807, 2.05) is 36.4 Å². The number of hydrogen-bond acceptors (Lipinski definition) is 3. The molecular formula is C18H21NO2. The van der Waals surface area contributed by atoms with Crippen molar-refractivity contribution in [1.29, 1.82) is 0 Å². The summed E-state index contributed by atoms with van der Waals surface area (Å²) < 4.78 is 5.96. The molecule has 3 heteroatoms. The Morgan fingerprint density at radius 3 is 2.52 bits per heavy atom. The van der Waals surface area contributed by atoms with Crippen LogP contribution in [-0.4, -0.2) is 37.4 Å². The van der Waals surface area contributed by atoms with E-state index in [0.29, 0.717) is 12.2 Å². The highest BCUT2D eigenvalue weighted by atomic mass is 16.5. The first kappa shape index (κ1) is 14.1. The Labute approximate surface area is 125 Å². The van der Waals surface area contributed by atoms with Crippen LogP contribution in [0.4, 0.5) is 0 Å². The van der Waals surface area contributed by atoms with E-state index in [1.165, 1.54) is 32.4 Å². The summed E-state index contributed by atoms with van der Waals surface area (Å²) in [6, 6.07) is 11.7. The van der Waals surface area contributed by atoms with Gasteiger partial charge in [-0.2, -0.15) is 0 Å². The molecule has 1 aliphatic heterocycles. The van der Waals surface area contributed by atoms with Crippen molar-refractivity contribution in [2.75, 3.05) is 26.2 Å². The minimum absolute atomic E-state index is 0.699. The van der Waals surface area contributed by atoms with Crippen LogP contribution < -0.4 is 4.74 Å². The van der Waals surface area contributed by atoms with Gasteiger partial charge in [0.05, 0.1) is 0 Å². The fourth-order valence-electron chi connectivity index (χ4n) is 2.99. The Morgan fingerprint density at radius 1 is 1.00 bits per heavy atom. The van der Waals surface area contributed by atoms with Crippen LogP contribution in [0.5, 0.6) is 5.75 Å². The van der Waals surface area contributed by atoms with Crippen LogP contribution in [0.1, 0.15) is 29.6 Å². The molecule has 0 atom stereocenters. The number of carbonyl (C=O) groups excluding carboxylic acids is 1. The molecular weight excluding hydrogens is 262 g/mol. The van der Waals surface area contributed by atoms with Crippen molar-refractivity contribution < 1.29 is 9.53 Å². The molecule has 3 nitrogen and oxygen atoms in total. The van der Waals surface area contributed by atoms with Gasteiger partial charge in [0.1, 0.15) is 12.4 Å². The van der Waals surface area contributed by atoms with Crippen LogP contribution in [0.2, 0.25) is 0 Å². The second-order valence-corrected chi connectivity index (χ2v) is 5.57. The molecule has 0 radical (unpaired) electrons. The SMILES string of the molecule is O=Cc1ccc(OCCN2CCCCC2)c2ccccc12. The predicted molar refractivity (Wildman–Crippen MR) is 85.1 cm³/mol. The van der Waals surface area contributed by atoms with E-state index in [1.54, 1.807) is 0 Å². The second-order valence-electron chi connectivity index (χ2n) is 5.57. The molecule has 2 aromatic rings. The molecule has 110 valence electrons. The molecule has 1 heterocycles. The van der Waals surface area contributed by atoms with Crippen molar-refractivity contribution in [2.24, 2.45) is 0 Å². The Kier molecular flexibility index (Phi) is 4.51. The monoisotopic (exact) mass is 283 g/mol. The number of fused-ring (bicyclic) bond motifs is 1. The Hall–Kier alpha value is -1.87. The predicted octanol–water partition coefficient (Wildman–Crippen LogP) is 3.52. The van der Waals surface area contributed by atoms with Crippen molar-refractivity contribution in [3.8, 4) is 5.75 Å². The van der Waals surface area contributed by atoms with Gasteiger partial charge in [0.25, 0.3) is 0 Å². The third-order valence-corrected chi connectivity index (χ3v) is 4.16. The average Bonchev–Trinajstić information content (AvgIpc) is 2.56. The summed E-state index contributed by atoms with van der Waals surface area (Å²) in [6.45, 7) is 4.05. The van der Waals surface area contributed by atoms with Crippen LogP contribution in [0.25, 0.3) is 10.8 Å². The maximum Gasteiger partial charge on any atom is 0.150 e. The van der Waals surface area contributed by atoms with Crippen LogP contribution in [-0.2, 0) is 0 Å². The molecule has 0 bridgehead atoms. The summed E-state index contributed by atoms with van der Waals surface area (Å²) in [5.74, 6) is 0.869. The number of ether oxygens (including phenoxy) is 1. The largest absolute Gasteiger partial charge is 0.492 e. The minimum atomic E-state index is 0.699. The zero-order chi connectivity index (χ0) is 14.5. The highest BCUT2D eigenvalue weighted by Crippen LogP contribution is 2.27. The zero-order valence-corrected chi connectivity index (χ0v) is 12.3. The molecule has 3 rings (SSSR count). The minimum Gasteiger partial charge on any atom is -0.492 e. The van der Waals surface area contributed by atoms with Crippen molar-refractivity contribution >= 4 is 17.1 Å². The number of hydrogen-bond donors (Lipinski definition) is 0. The van der Waals surface area contributed by atoms with Gasteiger partial charge >= 0.3 is 0 Å². The van der Waals surface area contributed by atoms with Crippen LogP contribution in [0.3, 0.4) is 0 Å². The number of aldehydes is 1. The quantitative estimate of drug-likeness (QED) is 0.786. The number of carbonyl (C=O) groups is 1. The lowest BCUT2D eigenvalue weighted by Gasteiger charge is -2.26. The standard InChI is InChI=1S/C18H21NO2/c20-14-15-8-9-18(17-7-3-2-6-16(15)17)21-13-12-19-10-4-1-5-11-19/h2-3,6-9,14H,1,4-5,10-13H2. The van der Waals surface area contributed by atoms with Gasteiger partial charge < -0.3 is 4.74 Å². The first-order valence-corrected chi connectivity index (χ1v) is 7.70. The Balaban J connectivity index is 1.70. The van der Waals surface area contributed by atoms with E-state index in [-0.39, 0.29) is 0 Å². The number of benzene rings is 2. The number of rotatable bonds is 5. The molecule has 0 aromatic heterocycles. The van der Waals surface area contributed by atoms with Crippen LogP contribution in [0, 0.1) is 0 Å². The highest BCUT2D eigenvalue weighted by Gasteiger charge is 2.10. The van der Waals surface area contributed by atoms with E-state index in [2.05, 4.69) is 4.90 Å². The maximum atomic E-state index is 11.1. The first-order valence-electron chi connectivity index (χ1n) is 7.70. The van der Waals surface area contributed by atoms with Gasteiger partial charge in [-0.1, -0.05) is 30.7 Å². The smallest absolute Gasteiger partial charge is 0.150 e. The summed E-state index contributed by atoms with van der Waals surface area (Å²) in [4.78, 5) is 13.6. The molecule has 0 amide bonds. The van der Waals surface area contributed by atoms with Crippen LogP contribution >= 0.6 is 0 Å². The molecule has 0 saturated carbocycles. The van der Waals surface area contributed by atoms with Gasteiger partial charge in [0.2, 0.25) is 0 Å². The fraction of sp³-hybridized carbons (Fsp3) is 0.389. The average molecular weight is 283 g/mol. The summed E-state index contributed by atoms with van der Waals surface area (Å²) in [5, 5.41) is 1.98.